The lowest BCUT2D eigenvalue weighted by Gasteiger charge is -2.12. The second-order valence-electron chi connectivity index (χ2n) is 6.29. The molecule has 0 saturated carbocycles. The Labute approximate surface area is 175 Å². The molecule has 0 saturated heterocycles. The molecule has 1 amide bonds. The molecule has 0 aliphatic carbocycles. The number of hydrogen-bond acceptors (Lipinski definition) is 6. The van der Waals surface area contributed by atoms with Crippen molar-refractivity contribution in [3.05, 3.63) is 53.6 Å². The number of hydrogen-bond donors (Lipinski definition) is 1. The number of thioether (sulfide) groups is 2. The summed E-state index contributed by atoms with van der Waals surface area (Å²) in [7, 11) is 0. The van der Waals surface area contributed by atoms with E-state index in [2.05, 4.69) is 20.8 Å². The van der Waals surface area contributed by atoms with Gasteiger partial charge in [-0.25, -0.2) is 0 Å². The number of aryl methyl sites for hydroxylation is 2. The largest absolute Gasteiger partial charge is 0.325 e. The predicted octanol–water partition coefficient (Wildman–Crippen LogP) is 4.71. The molecule has 29 heavy (non-hydrogen) atoms. The van der Waals surface area contributed by atoms with Crippen molar-refractivity contribution in [3.8, 4) is 5.69 Å². The fourth-order valence-electron chi connectivity index (χ4n) is 2.45. The molecule has 3 aromatic rings. The van der Waals surface area contributed by atoms with E-state index in [0.29, 0.717) is 27.5 Å². The first-order valence-corrected chi connectivity index (χ1v) is 10.5. The Bertz CT molecular complexity index is 995. The van der Waals surface area contributed by atoms with Gasteiger partial charge in [0.1, 0.15) is 0 Å². The molecule has 1 N–H and O–H groups in total. The minimum atomic E-state index is -2.48. The highest BCUT2D eigenvalue weighted by Gasteiger charge is 2.19. The lowest BCUT2D eigenvalue weighted by atomic mass is 10.1. The van der Waals surface area contributed by atoms with Crippen molar-refractivity contribution in [2.75, 3.05) is 5.32 Å². The van der Waals surface area contributed by atoms with Crippen LogP contribution in [0.25, 0.3) is 5.69 Å². The number of tetrazole rings is 1. The van der Waals surface area contributed by atoms with E-state index in [9.17, 15) is 13.6 Å². The Morgan fingerprint density at radius 1 is 1.07 bits per heavy atom. The molecular formula is C19H19F2N5OS2. The summed E-state index contributed by atoms with van der Waals surface area (Å²) in [6, 6.07) is 12.2. The maximum absolute atomic E-state index is 12.5. The van der Waals surface area contributed by atoms with Crippen molar-refractivity contribution < 1.29 is 13.6 Å². The van der Waals surface area contributed by atoms with Crippen molar-refractivity contribution >= 4 is 35.1 Å². The van der Waals surface area contributed by atoms with Gasteiger partial charge >= 0.3 is 0 Å². The number of alkyl halides is 2. The highest BCUT2D eigenvalue weighted by atomic mass is 32.2. The molecule has 1 unspecified atom stereocenters. The van der Waals surface area contributed by atoms with E-state index < -0.39 is 11.0 Å². The van der Waals surface area contributed by atoms with Crippen molar-refractivity contribution in [1.82, 2.24) is 20.2 Å². The van der Waals surface area contributed by atoms with Crippen LogP contribution in [0.2, 0.25) is 0 Å². The summed E-state index contributed by atoms with van der Waals surface area (Å²) in [5.41, 5.74) is 3.64. The number of nitrogens with one attached hydrogen (secondary N) is 1. The Kier molecular flexibility index (Phi) is 6.86. The van der Waals surface area contributed by atoms with Gasteiger partial charge in [-0.3, -0.25) is 4.79 Å². The summed E-state index contributed by atoms with van der Waals surface area (Å²) in [5, 5.41) is 14.6. The normalized spacial score (nSPS) is 12.2. The second-order valence-corrected chi connectivity index (χ2v) is 8.67. The summed E-state index contributed by atoms with van der Waals surface area (Å²) in [4.78, 5) is 13.0. The highest BCUT2D eigenvalue weighted by molar-refractivity contribution is 8.00. The van der Waals surface area contributed by atoms with Crippen LogP contribution >= 0.6 is 23.5 Å². The van der Waals surface area contributed by atoms with Gasteiger partial charge in [-0.1, -0.05) is 29.6 Å². The number of nitrogens with zero attached hydrogens (tertiary/aromatic N) is 4. The van der Waals surface area contributed by atoms with Crippen LogP contribution in [0, 0.1) is 13.8 Å². The third kappa shape index (κ3) is 5.54. The molecule has 6 nitrogen and oxygen atoms in total. The van der Waals surface area contributed by atoms with Gasteiger partial charge in [0, 0.05) is 10.6 Å². The fourth-order valence-corrected chi connectivity index (χ4v) is 3.75. The molecule has 0 spiro atoms. The minimum absolute atomic E-state index is 0.237. The van der Waals surface area contributed by atoms with E-state index in [-0.39, 0.29) is 5.91 Å². The van der Waals surface area contributed by atoms with Gasteiger partial charge < -0.3 is 5.32 Å². The van der Waals surface area contributed by atoms with E-state index in [1.165, 1.54) is 17.3 Å². The van der Waals surface area contributed by atoms with E-state index >= 15 is 0 Å². The average Bonchev–Trinajstić information content (AvgIpc) is 3.13. The number of carbonyl (C=O) groups is 1. The molecule has 1 heterocycles. The van der Waals surface area contributed by atoms with Crippen LogP contribution in [0.3, 0.4) is 0 Å². The molecule has 10 heteroatoms. The molecule has 1 atom stereocenters. The Morgan fingerprint density at radius 2 is 1.79 bits per heavy atom. The molecule has 1 aromatic heterocycles. The van der Waals surface area contributed by atoms with Gasteiger partial charge in [-0.05, 0) is 78.7 Å². The number of carbonyl (C=O) groups excluding carboxylic acids is 1. The zero-order chi connectivity index (χ0) is 21.0. The Hall–Kier alpha value is -2.46. The van der Waals surface area contributed by atoms with Crippen molar-refractivity contribution in [2.45, 2.75) is 41.8 Å². The van der Waals surface area contributed by atoms with E-state index in [1.54, 1.807) is 35.9 Å². The van der Waals surface area contributed by atoms with Crippen LogP contribution in [0.5, 0.6) is 0 Å². The standard InChI is InChI=1S/C19H19F2N5OS2/c1-11-4-7-15(10-12(11)2)26-19(23-24-25-26)28-13(3)17(27)22-14-5-8-16(9-6-14)29-18(20)21/h4-10,13,18H,1-3H3,(H,22,27). The van der Waals surface area contributed by atoms with E-state index in [0.717, 1.165) is 11.3 Å². The third-order valence-electron chi connectivity index (χ3n) is 4.17. The van der Waals surface area contributed by atoms with E-state index in [4.69, 9.17) is 0 Å². The Balaban J connectivity index is 1.66. The number of amides is 1. The molecule has 0 radical (unpaired) electrons. The van der Waals surface area contributed by atoms with Crippen LogP contribution in [0.4, 0.5) is 14.5 Å². The lowest BCUT2D eigenvalue weighted by Crippen LogP contribution is -2.22. The predicted molar refractivity (Wildman–Crippen MR) is 111 cm³/mol. The zero-order valence-electron chi connectivity index (χ0n) is 16.0. The molecule has 0 aliphatic rings. The van der Waals surface area contributed by atoms with Crippen molar-refractivity contribution in [1.29, 1.82) is 0 Å². The number of anilines is 1. The highest BCUT2D eigenvalue weighted by Crippen LogP contribution is 2.27. The number of benzene rings is 2. The third-order valence-corrected chi connectivity index (χ3v) is 5.93. The molecule has 0 fully saturated rings. The molecular weight excluding hydrogens is 416 g/mol. The summed E-state index contributed by atoms with van der Waals surface area (Å²) in [6.45, 7) is 5.79. The van der Waals surface area contributed by atoms with E-state index in [1.807, 2.05) is 32.0 Å². The maximum atomic E-state index is 12.5. The van der Waals surface area contributed by atoms with Gasteiger partial charge in [0.25, 0.3) is 5.76 Å². The molecule has 152 valence electrons. The van der Waals surface area contributed by atoms with Gasteiger partial charge in [0.05, 0.1) is 10.9 Å². The van der Waals surface area contributed by atoms with Crippen molar-refractivity contribution in [3.63, 3.8) is 0 Å². The smallest absolute Gasteiger partial charge is 0.288 e. The first kappa shape index (κ1) is 21.3. The maximum Gasteiger partial charge on any atom is 0.288 e. The summed E-state index contributed by atoms with van der Waals surface area (Å²) >= 11 is 1.69. The van der Waals surface area contributed by atoms with Crippen LogP contribution in [-0.4, -0.2) is 37.1 Å². The fraction of sp³-hybridized carbons (Fsp3) is 0.263. The van der Waals surface area contributed by atoms with Gasteiger partial charge in [-0.2, -0.15) is 13.5 Å². The minimum Gasteiger partial charge on any atom is -0.325 e. The van der Waals surface area contributed by atoms with Crippen LogP contribution in [0.1, 0.15) is 18.1 Å². The first-order chi connectivity index (χ1) is 13.8. The average molecular weight is 436 g/mol. The lowest BCUT2D eigenvalue weighted by molar-refractivity contribution is -0.115. The second kappa shape index (κ2) is 9.36. The summed E-state index contributed by atoms with van der Waals surface area (Å²) in [6.07, 6.45) is 0. The molecule has 3 rings (SSSR count). The van der Waals surface area contributed by atoms with Gasteiger partial charge in [-0.15, -0.1) is 5.10 Å². The number of halogens is 2. The SMILES string of the molecule is Cc1ccc(-n2nnnc2SC(C)C(=O)Nc2ccc(SC(F)F)cc2)cc1C. The van der Waals surface area contributed by atoms with Crippen LogP contribution in [0.15, 0.2) is 52.5 Å². The monoisotopic (exact) mass is 435 g/mol. The van der Waals surface area contributed by atoms with Crippen LogP contribution < -0.4 is 5.32 Å². The summed E-state index contributed by atoms with van der Waals surface area (Å²) < 4.78 is 26.4. The number of rotatable bonds is 7. The first-order valence-electron chi connectivity index (χ1n) is 8.72. The zero-order valence-corrected chi connectivity index (χ0v) is 17.6. The summed E-state index contributed by atoms with van der Waals surface area (Å²) in [5.74, 6) is -2.71. The Morgan fingerprint density at radius 3 is 2.45 bits per heavy atom. The van der Waals surface area contributed by atoms with Crippen LogP contribution in [-0.2, 0) is 4.79 Å². The topological polar surface area (TPSA) is 72.7 Å². The quantitative estimate of drug-likeness (QED) is 0.542. The molecule has 0 bridgehead atoms. The number of aromatic nitrogens is 4. The molecule has 0 aliphatic heterocycles. The van der Waals surface area contributed by atoms with Crippen molar-refractivity contribution in [2.24, 2.45) is 0 Å². The van der Waals surface area contributed by atoms with Gasteiger partial charge in [0.2, 0.25) is 11.1 Å². The molecule has 2 aromatic carbocycles. The van der Waals surface area contributed by atoms with Gasteiger partial charge in [0.15, 0.2) is 0 Å².